The Bertz CT molecular complexity index is 1500. The number of rotatable bonds is 7. The smallest absolute Gasteiger partial charge is 0.304 e. The summed E-state index contributed by atoms with van der Waals surface area (Å²) in [5.74, 6) is -1.46. The third-order valence-corrected chi connectivity index (χ3v) is 9.63. The van der Waals surface area contributed by atoms with E-state index in [1.54, 1.807) is 17.2 Å². The summed E-state index contributed by atoms with van der Waals surface area (Å²) < 4.78 is 13.7. The van der Waals surface area contributed by atoms with Gasteiger partial charge in [0.1, 0.15) is 5.82 Å². The van der Waals surface area contributed by atoms with Gasteiger partial charge in [0.2, 0.25) is 5.91 Å². The second-order valence-corrected chi connectivity index (χ2v) is 12.1. The van der Waals surface area contributed by atoms with Crippen molar-refractivity contribution in [2.45, 2.75) is 51.1 Å². The molecule has 2 aliphatic heterocycles. The van der Waals surface area contributed by atoms with E-state index in [1.165, 1.54) is 16.2 Å². The van der Waals surface area contributed by atoms with E-state index in [0.29, 0.717) is 35.7 Å². The maximum atomic E-state index is 14.0. The van der Waals surface area contributed by atoms with Gasteiger partial charge >= 0.3 is 5.97 Å². The summed E-state index contributed by atoms with van der Waals surface area (Å²) in [4.78, 5) is 50.2. The molecule has 218 valence electrons. The van der Waals surface area contributed by atoms with Crippen molar-refractivity contribution in [1.29, 1.82) is 0 Å². The topological polar surface area (TPSA) is 104 Å². The molecule has 1 aromatic carbocycles. The van der Waals surface area contributed by atoms with Crippen molar-refractivity contribution in [3.63, 3.8) is 0 Å². The van der Waals surface area contributed by atoms with Crippen molar-refractivity contribution in [2.75, 3.05) is 22.9 Å². The lowest BCUT2D eigenvalue weighted by Gasteiger charge is -2.34. The average Bonchev–Trinajstić information content (AvgIpc) is 3.76. The van der Waals surface area contributed by atoms with Gasteiger partial charge < -0.3 is 5.11 Å². The molecule has 1 saturated heterocycles. The number of nitrogens with zero attached hydrogens (tertiary/aromatic N) is 4. The van der Waals surface area contributed by atoms with E-state index >= 15 is 0 Å². The van der Waals surface area contributed by atoms with Gasteiger partial charge in [0.15, 0.2) is 11.3 Å². The molecule has 4 heterocycles. The van der Waals surface area contributed by atoms with Gasteiger partial charge in [-0.05, 0) is 36.0 Å². The lowest BCUT2D eigenvalue weighted by atomic mass is 9.75. The molecule has 2 aromatic heterocycles. The van der Waals surface area contributed by atoms with Crippen LogP contribution in [0, 0.1) is 17.8 Å². The van der Waals surface area contributed by atoms with Crippen LogP contribution in [0.5, 0.6) is 0 Å². The number of carbonyl (C=O) groups is 3. The normalized spacial score (nSPS) is 24.2. The third kappa shape index (κ3) is 5.60. The second kappa shape index (κ2) is 12.1. The Morgan fingerprint density at radius 2 is 1.79 bits per heavy atom. The number of anilines is 2. The van der Waals surface area contributed by atoms with E-state index in [2.05, 4.69) is 11.1 Å². The first-order valence-corrected chi connectivity index (χ1v) is 15.4. The molecule has 0 radical (unpaired) electrons. The number of pyridine rings is 1. The molecular formula is C32H33FN4O4S. The molecule has 2 fully saturated rings. The molecule has 0 spiro atoms. The fourth-order valence-corrected chi connectivity index (χ4v) is 7.46. The number of allylic oxidation sites excluding steroid dienone is 1. The quantitative estimate of drug-likeness (QED) is 0.333. The number of hydrogen-bond acceptors (Lipinski definition) is 6. The van der Waals surface area contributed by atoms with Crippen LogP contribution in [-0.4, -0.2) is 52.1 Å². The van der Waals surface area contributed by atoms with Crippen LogP contribution in [0.4, 0.5) is 15.3 Å². The van der Waals surface area contributed by atoms with Gasteiger partial charge in [0.05, 0.1) is 18.0 Å². The van der Waals surface area contributed by atoms with Gasteiger partial charge in [-0.3, -0.25) is 24.2 Å². The molecule has 3 aliphatic rings. The molecule has 1 saturated carbocycles. The van der Waals surface area contributed by atoms with E-state index < -0.39 is 24.0 Å². The highest BCUT2D eigenvalue weighted by Crippen LogP contribution is 2.41. The molecule has 3 aromatic rings. The standard InChI is InChI=1S/C32H33FN4O4S/c33-26-14-16-36(31(26)41)28-13-12-21(18-34-28)23-9-3-4-11-24(23)27-19-42-32(35-27)37-15-6-5-10-22(20-7-1-2-8-20)25(30(37)40)17-29(38)39/h3-6,9,11-13,18-20,22,25-26H,1-2,7-8,10,14-17H2,(H,38,39)/b6-5-/t22-,25?,26+/m1/s1. The number of carbonyl (C=O) groups excluding carboxylic acids is 2. The number of alkyl halides is 1. The number of benzene rings is 1. The van der Waals surface area contributed by atoms with Crippen LogP contribution in [0.25, 0.3) is 22.4 Å². The number of carboxylic acid groups (broad SMARTS) is 1. The minimum absolute atomic E-state index is 0.0115. The number of aliphatic carboxylic acids is 1. The van der Waals surface area contributed by atoms with Gasteiger partial charge in [-0.25, -0.2) is 14.4 Å². The largest absolute Gasteiger partial charge is 0.481 e. The second-order valence-electron chi connectivity index (χ2n) is 11.3. The maximum Gasteiger partial charge on any atom is 0.304 e. The van der Waals surface area contributed by atoms with Gasteiger partial charge in [0, 0.05) is 42.2 Å². The lowest BCUT2D eigenvalue weighted by Crippen LogP contribution is -2.43. The zero-order valence-electron chi connectivity index (χ0n) is 23.2. The fraction of sp³-hybridized carbons (Fsp3) is 0.406. The fourth-order valence-electron chi connectivity index (χ4n) is 6.62. The number of hydrogen-bond donors (Lipinski definition) is 1. The monoisotopic (exact) mass is 588 g/mol. The van der Waals surface area contributed by atoms with Gasteiger partial charge in [-0.2, -0.15) is 0 Å². The lowest BCUT2D eigenvalue weighted by molar-refractivity contribution is -0.142. The Kier molecular flexibility index (Phi) is 8.15. The number of thiazole rings is 1. The van der Waals surface area contributed by atoms with Gasteiger partial charge in [-0.15, -0.1) is 11.3 Å². The molecule has 1 aliphatic carbocycles. The summed E-state index contributed by atoms with van der Waals surface area (Å²) in [6.07, 6.45) is 9.36. The van der Waals surface area contributed by atoms with E-state index in [4.69, 9.17) is 4.98 Å². The molecule has 2 amide bonds. The number of aromatic nitrogens is 2. The summed E-state index contributed by atoms with van der Waals surface area (Å²) in [5.41, 5.74) is 3.26. The summed E-state index contributed by atoms with van der Waals surface area (Å²) in [6, 6.07) is 11.3. The Balaban J connectivity index is 1.28. The van der Waals surface area contributed by atoms with Crippen molar-refractivity contribution in [3.8, 4) is 22.4 Å². The molecule has 6 rings (SSSR count). The Labute approximate surface area is 247 Å². The zero-order valence-corrected chi connectivity index (χ0v) is 24.0. The molecule has 3 atom stereocenters. The predicted molar refractivity (Wildman–Crippen MR) is 160 cm³/mol. The number of carboxylic acids is 1. The zero-order chi connectivity index (χ0) is 29.2. The van der Waals surface area contributed by atoms with E-state index in [9.17, 15) is 23.9 Å². The molecule has 1 N–H and O–H groups in total. The maximum absolute atomic E-state index is 14.0. The van der Waals surface area contributed by atoms with E-state index in [-0.39, 0.29) is 24.7 Å². The molecule has 42 heavy (non-hydrogen) atoms. The minimum Gasteiger partial charge on any atom is -0.481 e. The van der Waals surface area contributed by atoms with Crippen LogP contribution in [0.2, 0.25) is 0 Å². The Morgan fingerprint density at radius 3 is 2.48 bits per heavy atom. The molecule has 1 unspecified atom stereocenters. The van der Waals surface area contributed by atoms with Crippen LogP contribution >= 0.6 is 11.3 Å². The van der Waals surface area contributed by atoms with Gasteiger partial charge in [0.25, 0.3) is 5.91 Å². The van der Waals surface area contributed by atoms with Crippen LogP contribution < -0.4 is 9.80 Å². The highest BCUT2D eigenvalue weighted by molar-refractivity contribution is 7.14. The third-order valence-electron chi connectivity index (χ3n) is 8.76. The Morgan fingerprint density at radius 1 is 1.00 bits per heavy atom. The van der Waals surface area contributed by atoms with Crippen LogP contribution in [0.3, 0.4) is 0 Å². The Hall–Kier alpha value is -3.92. The average molecular weight is 589 g/mol. The summed E-state index contributed by atoms with van der Waals surface area (Å²) >= 11 is 1.37. The first-order chi connectivity index (χ1) is 20.4. The van der Waals surface area contributed by atoms with Crippen LogP contribution in [-0.2, 0) is 14.4 Å². The van der Waals surface area contributed by atoms with Crippen molar-refractivity contribution in [2.24, 2.45) is 17.8 Å². The molecular weight excluding hydrogens is 555 g/mol. The SMILES string of the molecule is O=C(O)CC1C(=O)N(c2nc(-c3ccccc3-c3ccc(N4CC[C@H](F)C4=O)nc3)cs2)C/C=C\C[C@@H]1C1CCCC1. The minimum atomic E-state index is -1.48. The van der Waals surface area contributed by atoms with Crippen molar-refractivity contribution in [3.05, 3.63) is 60.1 Å². The van der Waals surface area contributed by atoms with Crippen LogP contribution in [0.1, 0.15) is 44.9 Å². The highest BCUT2D eigenvalue weighted by atomic mass is 32.1. The summed E-state index contributed by atoms with van der Waals surface area (Å²) in [5, 5.41) is 12.2. The molecule has 0 bridgehead atoms. The van der Waals surface area contributed by atoms with E-state index in [0.717, 1.165) is 48.8 Å². The molecule has 8 nitrogen and oxygen atoms in total. The van der Waals surface area contributed by atoms with Crippen molar-refractivity contribution < 1.29 is 23.9 Å². The molecule has 10 heteroatoms. The van der Waals surface area contributed by atoms with Crippen molar-refractivity contribution in [1.82, 2.24) is 9.97 Å². The summed E-state index contributed by atoms with van der Waals surface area (Å²) in [6.45, 7) is 0.658. The first kappa shape index (κ1) is 28.2. The van der Waals surface area contributed by atoms with E-state index in [1.807, 2.05) is 41.8 Å². The summed E-state index contributed by atoms with van der Waals surface area (Å²) in [7, 11) is 0. The number of amides is 2. The van der Waals surface area contributed by atoms with Crippen molar-refractivity contribution >= 4 is 40.1 Å². The number of halogens is 1. The van der Waals surface area contributed by atoms with Crippen LogP contribution in [0.15, 0.2) is 60.1 Å². The first-order valence-electron chi connectivity index (χ1n) is 14.6. The predicted octanol–water partition coefficient (Wildman–Crippen LogP) is 6.14. The highest BCUT2D eigenvalue weighted by Gasteiger charge is 2.40. The van der Waals surface area contributed by atoms with Gasteiger partial charge in [-0.1, -0.05) is 62.1 Å².